The van der Waals surface area contributed by atoms with Crippen LogP contribution >= 0.6 is 11.3 Å². The molecule has 0 spiro atoms. The van der Waals surface area contributed by atoms with Crippen LogP contribution < -0.4 is 4.74 Å². The number of carbonyl (C=O) groups excluding carboxylic acids is 1. The smallest absolute Gasteiger partial charge is 0.175 e. The Hall–Kier alpha value is -1.75. The van der Waals surface area contributed by atoms with Crippen LogP contribution in [0.25, 0.3) is 0 Å². The molecule has 0 N–H and O–H groups in total. The highest BCUT2D eigenvalue weighted by Gasteiger charge is 2.16. The van der Waals surface area contributed by atoms with Gasteiger partial charge in [-0.25, -0.2) is 9.37 Å². The lowest BCUT2D eigenvalue weighted by Gasteiger charge is -2.05. The summed E-state index contributed by atoms with van der Waals surface area (Å²) in [5, 5.41) is 2.70. The van der Waals surface area contributed by atoms with E-state index in [2.05, 4.69) is 4.98 Å². The van der Waals surface area contributed by atoms with Crippen molar-refractivity contribution in [3.63, 3.8) is 0 Å². The molecule has 1 aromatic heterocycles. The van der Waals surface area contributed by atoms with Crippen molar-refractivity contribution in [1.29, 1.82) is 0 Å². The molecule has 18 heavy (non-hydrogen) atoms. The molecule has 0 amide bonds. The summed E-state index contributed by atoms with van der Waals surface area (Å²) in [5.41, 5.74) is 0.713. The summed E-state index contributed by atoms with van der Waals surface area (Å²) < 4.78 is 18.7. The first-order valence-electron chi connectivity index (χ1n) is 5.38. The second-order valence-corrected chi connectivity index (χ2v) is 4.84. The number of halogens is 1. The SMILES string of the molecule is COc1cccc(C(=O)Cc2csc(C)n2)c1F. The Morgan fingerprint density at radius 2 is 2.28 bits per heavy atom. The number of aromatic nitrogens is 1. The molecular formula is C13H12FNO2S. The Labute approximate surface area is 108 Å². The number of hydrogen-bond acceptors (Lipinski definition) is 4. The Balaban J connectivity index is 2.24. The molecular weight excluding hydrogens is 253 g/mol. The molecule has 5 heteroatoms. The normalized spacial score (nSPS) is 10.4. The van der Waals surface area contributed by atoms with Crippen LogP contribution in [0, 0.1) is 12.7 Å². The van der Waals surface area contributed by atoms with Crippen LogP contribution in [0.3, 0.4) is 0 Å². The summed E-state index contributed by atoms with van der Waals surface area (Å²) >= 11 is 1.47. The highest BCUT2D eigenvalue weighted by atomic mass is 32.1. The number of ketones is 1. The van der Waals surface area contributed by atoms with Gasteiger partial charge in [-0.3, -0.25) is 4.79 Å². The fourth-order valence-electron chi connectivity index (χ4n) is 1.63. The Morgan fingerprint density at radius 3 is 2.89 bits per heavy atom. The molecule has 0 aliphatic heterocycles. The third-order valence-electron chi connectivity index (χ3n) is 2.49. The van der Waals surface area contributed by atoms with E-state index in [1.165, 1.54) is 30.6 Å². The van der Waals surface area contributed by atoms with Crippen LogP contribution in [0.15, 0.2) is 23.6 Å². The predicted octanol–water partition coefficient (Wildman–Crippen LogP) is 3.02. The van der Waals surface area contributed by atoms with Gasteiger partial charge in [-0.15, -0.1) is 11.3 Å². The number of ether oxygens (including phenoxy) is 1. The van der Waals surface area contributed by atoms with E-state index in [4.69, 9.17) is 4.74 Å². The molecule has 2 aromatic rings. The van der Waals surface area contributed by atoms with Crippen molar-refractivity contribution < 1.29 is 13.9 Å². The van der Waals surface area contributed by atoms with Gasteiger partial charge in [0.2, 0.25) is 0 Å². The first-order valence-corrected chi connectivity index (χ1v) is 6.26. The number of thiazole rings is 1. The minimum absolute atomic E-state index is 0.0417. The zero-order valence-corrected chi connectivity index (χ0v) is 10.9. The van der Waals surface area contributed by atoms with E-state index in [1.54, 1.807) is 6.07 Å². The van der Waals surface area contributed by atoms with E-state index in [1.807, 2.05) is 12.3 Å². The van der Waals surface area contributed by atoms with Gasteiger partial charge in [0, 0.05) is 5.38 Å². The van der Waals surface area contributed by atoms with E-state index < -0.39 is 5.82 Å². The molecule has 0 fully saturated rings. The second-order valence-electron chi connectivity index (χ2n) is 3.78. The Bertz CT molecular complexity index is 580. The lowest BCUT2D eigenvalue weighted by atomic mass is 10.1. The van der Waals surface area contributed by atoms with Crippen molar-refractivity contribution in [1.82, 2.24) is 4.98 Å². The maximum absolute atomic E-state index is 13.9. The summed E-state index contributed by atoms with van der Waals surface area (Å²) in [4.78, 5) is 16.2. The van der Waals surface area contributed by atoms with Crippen LogP contribution in [-0.2, 0) is 6.42 Å². The van der Waals surface area contributed by atoms with Gasteiger partial charge >= 0.3 is 0 Å². The molecule has 0 saturated heterocycles. The fraction of sp³-hybridized carbons (Fsp3) is 0.231. The Kier molecular flexibility index (Phi) is 3.72. The average molecular weight is 265 g/mol. The van der Waals surface area contributed by atoms with Crippen LogP contribution in [0.1, 0.15) is 21.1 Å². The zero-order valence-electron chi connectivity index (χ0n) is 10.1. The van der Waals surface area contributed by atoms with Crippen molar-refractivity contribution in [3.05, 3.63) is 45.7 Å². The molecule has 0 atom stereocenters. The van der Waals surface area contributed by atoms with Gasteiger partial charge in [0.05, 0.1) is 29.8 Å². The molecule has 0 bridgehead atoms. The van der Waals surface area contributed by atoms with Gasteiger partial charge in [0.1, 0.15) is 0 Å². The van der Waals surface area contributed by atoms with Gasteiger partial charge in [0.15, 0.2) is 17.3 Å². The fourth-order valence-corrected chi connectivity index (χ4v) is 2.25. The molecule has 2 rings (SSSR count). The van der Waals surface area contributed by atoms with Gasteiger partial charge in [-0.05, 0) is 19.1 Å². The first-order chi connectivity index (χ1) is 8.61. The van der Waals surface area contributed by atoms with E-state index in [0.29, 0.717) is 5.69 Å². The van der Waals surface area contributed by atoms with Crippen molar-refractivity contribution >= 4 is 17.1 Å². The number of Topliss-reactive ketones (excluding diaryl/α,β-unsaturated/α-hetero) is 1. The predicted molar refractivity (Wildman–Crippen MR) is 67.8 cm³/mol. The largest absolute Gasteiger partial charge is 0.494 e. The molecule has 0 unspecified atom stereocenters. The summed E-state index contributed by atoms with van der Waals surface area (Å²) in [7, 11) is 1.37. The molecule has 0 saturated carbocycles. The molecule has 3 nitrogen and oxygen atoms in total. The third-order valence-corrected chi connectivity index (χ3v) is 3.31. The highest BCUT2D eigenvalue weighted by molar-refractivity contribution is 7.09. The van der Waals surface area contributed by atoms with E-state index >= 15 is 0 Å². The number of aryl methyl sites for hydroxylation is 1. The minimum Gasteiger partial charge on any atom is -0.494 e. The maximum Gasteiger partial charge on any atom is 0.175 e. The number of nitrogens with zero attached hydrogens (tertiary/aromatic N) is 1. The molecule has 1 aromatic carbocycles. The number of hydrogen-bond donors (Lipinski definition) is 0. The summed E-state index contributed by atoms with van der Waals surface area (Å²) in [6, 6.07) is 4.54. The molecule has 1 heterocycles. The van der Waals surface area contributed by atoms with Crippen LogP contribution in [0.4, 0.5) is 4.39 Å². The number of methoxy groups -OCH3 is 1. The molecule has 94 valence electrons. The number of rotatable bonds is 4. The third kappa shape index (κ3) is 2.56. The maximum atomic E-state index is 13.9. The Morgan fingerprint density at radius 1 is 1.50 bits per heavy atom. The van der Waals surface area contributed by atoms with Crippen molar-refractivity contribution in [2.75, 3.05) is 7.11 Å². The first kappa shape index (κ1) is 12.7. The highest BCUT2D eigenvalue weighted by Crippen LogP contribution is 2.21. The van der Waals surface area contributed by atoms with Gasteiger partial charge in [-0.2, -0.15) is 0 Å². The topological polar surface area (TPSA) is 39.2 Å². The summed E-state index contributed by atoms with van der Waals surface area (Å²) in [6.07, 6.45) is 0.106. The molecule has 0 aliphatic rings. The van der Waals surface area contributed by atoms with E-state index in [9.17, 15) is 9.18 Å². The monoisotopic (exact) mass is 265 g/mol. The van der Waals surface area contributed by atoms with Crippen molar-refractivity contribution in [2.45, 2.75) is 13.3 Å². The lowest BCUT2D eigenvalue weighted by Crippen LogP contribution is -2.07. The van der Waals surface area contributed by atoms with Crippen LogP contribution in [0.2, 0.25) is 0 Å². The summed E-state index contributed by atoms with van der Waals surface area (Å²) in [5.74, 6) is -0.830. The van der Waals surface area contributed by atoms with Crippen LogP contribution in [0.5, 0.6) is 5.75 Å². The van der Waals surface area contributed by atoms with E-state index in [-0.39, 0.29) is 23.5 Å². The molecule has 0 radical (unpaired) electrons. The van der Waals surface area contributed by atoms with E-state index in [0.717, 1.165) is 5.01 Å². The van der Waals surface area contributed by atoms with Crippen LogP contribution in [-0.4, -0.2) is 17.9 Å². The number of benzene rings is 1. The summed E-state index contributed by atoms with van der Waals surface area (Å²) in [6.45, 7) is 1.87. The zero-order chi connectivity index (χ0) is 13.1. The second kappa shape index (κ2) is 5.27. The van der Waals surface area contributed by atoms with Gasteiger partial charge in [-0.1, -0.05) is 6.07 Å². The van der Waals surface area contributed by atoms with Gasteiger partial charge in [0.25, 0.3) is 0 Å². The standard InChI is InChI=1S/C13H12FNO2S/c1-8-15-9(7-18-8)6-11(16)10-4-3-5-12(17-2)13(10)14/h3-5,7H,6H2,1-2H3. The van der Waals surface area contributed by atoms with Crippen molar-refractivity contribution in [2.24, 2.45) is 0 Å². The molecule has 0 aliphatic carbocycles. The average Bonchev–Trinajstić information content (AvgIpc) is 2.75. The lowest BCUT2D eigenvalue weighted by molar-refractivity contribution is 0.0987. The quantitative estimate of drug-likeness (QED) is 0.798. The van der Waals surface area contributed by atoms with Crippen molar-refractivity contribution in [3.8, 4) is 5.75 Å². The number of carbonyl (C=O) groups is 1. The minimum atomic E-state index is -0.614. The van der Waals surface area contributed by atoms with Gasteiger partial charge < -0.3 is 4.74 Å².